The van der Waals surface area contributed by atoms with E-state index in [0.29, 0.717) is 0 Å². The zero-order valence-electron chi connectivity index (χ0n) is 7.78. The molecule has 0 aliphatic carbocycles. The maximum atomic E-state index is 9.60. The highest BCUT2D eigenvalue weighted by Crippen LogP contribution is 2.17. The standard InChI is InChI=1S/C9H16N2O/c1-6-4-8(5-11(6)3)9(12)7(2)10/h4-5,7,9,12H,10H2,1-3H3. The highest BCUT2D eigenvalue weighted by molar-refractivity contribution is 5.20. The first-order valence-corrected chi connectivity index (χ1v) is 4.09. The van der Waals surface area contributed by atoms with Crippen LogP contribution in [0.5, 0.6) is 0 Å². The molecule has 0 saturated heterocycles. The summed E-state index contributed by atoms with van der Waals surface area (Å²) in [5.74, 6) is 0. The lowest BCUT2D eigenvalue weighted by Crippen LogP contribution is -2.23. The van der Waals surface area contributed by atoms with Gasteiger partial charge in [-0.2, -0.15) is 0 Å². The van der Waals surface area contributed by atoms with Gasteiger partial charge < -0.3 is 15.4 Å². The van der Waals surface area contributed by atoms with Crippen molar-refractivity contribution in [2.24, 2.45) is 12.8 Å². The Kier molecular flexibility index (Phi) is 2.55. The van der Waals surface area contributed by atoms with Crippen LogP contribution in [-0.2, 0) is 7.05 Å². The van der Waals surface area contributed by atoms with Crippen molar-refractivity contribution in [3.8, 4) is 0 Å². The van der Waals surface area contributed by atoms with E-state index in [4.69, 9.17) is 5.73 Å². The summed E-state index contributed by atoms with van der Waals surface area (Å²) < 4.78 is 1.97. The second-order valence-electron chi connectivity index (χ2n) is 3.33. The van der Waals surface area contributed by atoms with Crippen molar-refractivity contribution in [2.45, 2.75) is 26.0 Å². The Morgan fingerprint density at radius 2 is 2.17 bits per heavy atom. The Hall–Kier alpha value is -0.800. The van der Waals surface area contributed by atoms with E-state index < -0.39 is 6.10 Å². The summed E-state index contributed by atoms with van der Waals surface area (Å²) in [5, 5.41) is 9.60. The molecule has 3 heteroatoms. The molecule has 0 aromatic carbocycles. The van der Waals surface area contributed by atoms with Crippen LogP contribution in [0.3, 0.4) is 0 Å². The van der Waals surface area contributed by atoms with E-state index in [1.807, 2.05) is 30.8 Å². The van der Waals surface area contributed by atoms with Gasteiger partial charge in [0.15, 0.2) is 0 Å². The van der Waals surface area contributed by atoms with Crippen LogP contribution in [0.4, 0.5) is 0 Å². The van der Waals surface area contributed by atoms with Crippen LogP contribution in [-0.4, -0.2) is 15.7 Å². The molecule has 1 aromatic heterocycles. The highest BCUT2D eigenvalue weighted by Gasteiger charge is 2.13. The molecule has 0 fully saturated rings. The number of aliphatic hydroxyl groups is 1. The summed E-state index contributed by atoms with van der Waals surface area (Å²) in [6, 6.07) is 1.74. The molecule has 0 bridgehead atoms. The van der Waals surface area contributed by atoms with Gasteiger partial charge in [0.1, 0.15) is 0 Å². The normalized spacial score (nSPS) is 16.1. The zero-order chi connectivity index (χ0) is 9.30. The summed E-state index contributed by atoms with van der Waals surface area (Å²) in [7, 11) is 1.95. The van der Waals surface area contributed by atoms with Gasteiger partial charge in [-0.05, 0) is 25.5 Å². The molecular weight excluding hydrogens is 152 g/mol. The molecule has 3 nitrogen and oxygen atoms in total. The Morgan fingerprint density at radius 3 is 2.50 bits per heavy atom. The molecule has 3 N–H and O–H groups in total. The largest absolute Gasteiger partial charge is 0.387 e. The molecule has 1 heterocycles. The lowest BCUT2D eigenvalue weighted by atomic mass is 10.1. The maximum absolute atomic E-state index is 9.60. The summed E-state index contributed by atoms with van der Waals surface area (Å²) in [5.41, 5.74) is 7.59. The van der Waals surface area contributed by atoms with Gasteiger partial charge >= 0.3 is 0 Å². The van der Waals surface area contributed by atoms with Crippen LogP contribution in [0.15, 0.2) is 12.3 Å². The molecule has 68 valence electrons. The van der Waals surface area contributed by atoms with Gasteiger partial charge in [-0.15, -0.1) is 0 Å². The van der Waals surface area contributed by atoms with Gasteiger partial charge in [0.25, 0.3) is 0 Å². The van der Waals surface area contributed by atoms with Crippen molar-refractivity contribution in [2.75, 3.05) is 0 Å². The van der Waals surface area contributed by atoms with Gasteiger partial charge in [0, 0.05) is 25.0 Å². The van der Waals surface area contributed by atoms with E-state index in [1.165, 1.54) is 0 Å². The van der Waals surface area contributed by atoms with E-state index in [0.717, 1.165) is 11.3 Å². The van der Waals surface area contributed by atoms with Gasteiger partial charge in [-0.1, -0.05) is 0 Å². The van der Waals surface area contributed by atoms with E-state index in [9.17, 15) is 5.11 Å². The van der Waals surface area contributed by atoms with Crippen molar-refractivity contribution < 1.29 is 5.11 Å². The molecule has 0 saturated carbocycles. The number of aromatic nitrogens is 1. The zero-order valence-corrected chi connectivity index (χ0v) is 7.78. The van der Waals surface area contributed by atoms with E-state index in [2.05, 4.69) is 0 Å². The third-order valence-electron chi connectivity index (χ3n) is 2.11. The summed E-state index contributed by atoms with van der Waals surface area (Å²) >= 11 is 0. The van der Waals surface area contributed by atoms with Crippen LogP contribution in [0.2, 0.25) is 0 Å². The first kappa shape index (κ1) is 9.29. The molecule has 1 rings (SSSR count). The number of hydrogen-bond donors (Lipinski definition) is 2. The SMILES string of the molecule is Cc1cc(C(O)C(C)N)cn1C. The lowest BCUT2D eigenvalue weighted by Gasteiger charge is -2.11. The molecule has 2 unspecified atom stereocenters. The van der Waals surface area contributed by atoms with Gasteiger partial charge in [-0.3, -0.25) is 0 Å². The second-order valence-corrected chi connectivity index (χ2v) is 3.33. The van der Waals surface area contributed by atoms with Crippen LogP contribution in [0.1, 0.15) is 24.3 Å². The Balaban J connectivity index is 2.89. The average Bonchev–Trinajstić information content (AvgIpc) is 2.30. The minimum atomic E-state index is -0.551. The van der Waals surface area contributed by atoms with Gasteiger partial charge in [-0.25, -0.2) is 0 Å². The first-order valence-electron chi connectivity index (χ1n) is 4.09. The van der Waals surface area contributed by atoms with E-state index in [-0.39, 0.29) is 6.04 Å². The lowest BCUT2D eigenvalue weighted by molar-refractivity contribution is 0.153. The van der Waals surface area contributed by atoms with Crippen LogP contribution < -0.4 is 5.73 Å². The Morgan fingerprint density at radius 1 is 1.58 bits per heavy atom. The maximum Gasteiger partial charge on any atom is 0.0952 e. The molecular formula is C9H16N2O. The minimum Gasteiger partial charge on any atom is -0.387 e. The fourth-order valence-electron chi connectivity index (χ4n) is 1.17. The number of aryl methyl sites for hydroxylation is 2. The quantitative estimate of drug-likeness (QED) is 0.683. The monoisotopic (exact) mass is 168 g/mol. The van der Waals surface area contributed by atoms with Crippen molar-refractivity contribution in [3.05, 3.63) is 23.5 Å². The van der Waals surface area contributed by atoms with Crippen molar-refractivity contribution in [1.29, 1.82) is 0 Å². The molecule has 12 heavy (non-hydrogen) atoms. The number of nitrogens with zero attached hydrogens (tertiary/aromatic N) is 1. The predicted octanol–water partition coefficient (Wildman–Crippen LogP) is 0.714. The minimum absolute atomic E-state index is 0.216. The van der Waals surface area contributed by atoms with Gasteiger partial charge in [0.2, 0.25) is 0 Å². The Labute approximate surface area is 72.8 Å². The third kappa shape index (κ3) is 1.68. The molecule has 0 aliphatic heterocycles. The molecule has 1 aromatic rings. The Bertz CT molecular complexity index is 246. The summed E-state index contributed by atoms with van der Waals surface area (Å²) in [6.45, 7) is 3.80. The fraction of sp³-hybridized carbons (Fsp3) is 0.556. The average molecular weight is 168 g/mol. The van der Waals surface area contributed by atoms with Gasteiger partial charge in [0.05, 0.1) is 6.10 Å². The summed E-state index contributed by atoms with van der Waals surface area (Å²) in [4.78, 5) is 0. The molecule has 0 radical (unpaired) electrons. The van der Waals surface area contributed by atoms with Crippen molar-refractivity contribution in [3.63, 3.8) is 0 Å². The fourth-order valence-corrected chi connectivity index (χ4v) is 1.17. The number of hydrogen-bond acceptors (Lipinski definition) is 2. The highest BCUT2D eigenvalue weighted by atomic mass is 16.3. The smallest absolute Gasteiger partial charge is 0.0952 e. The third-order valence-corrected chi connectivity index (χ3v) is 2.11. The predicted molar refractivity (Wildman–Crippen MR) is 48.8 cm³/mol. The first-order chi connectivity index (χ1) is 5.52. The van der Waals surface area contributed by atoms with Crippen molar-refractivity contribution >= 4 is 0 Å². The van der Waals surface area contributed by atoms with E-state index >= 15 is 0 Å². The molecule has 0 aliphatic rings. The topological polar surface area (TPSA) is 51.2 Å². The second kappa shape index (κ2) is 3.29. The van der Waals surface area contributed by atoms with Crippen LogP contribution >= 0.6 is 0 Å². The molecule has 0 amide bonds. The van der Waals surface area contributed by atoms with E-state index in [1.54, 1.807) is 6.92 Å². The van der Waals surface area contributed by atoms with Crippen LogP contribution in [0.25, 0.3) is 0 Å². The number of nitrogens with two attached hydrogens (primary N) is 1. The number of rotatable bonds is 2. The summed E-state index contributed by atoms with van der Waals surface area (Å²) in [6.07, 6.45) is 1.36. The van der Waals surface area contributed by atoms with Crippen LogP contribution in [0, 0.1) is 6.92 Å². The molecule has 2 atom stereocenters. The number of aliphatic hydroxyl groups excluding tert-OH is 1. The van der Waals surface area contributed by atoms with Crippen molar-refractivity contribution in [1.82, 2.24) is 4.57 Å². The molecule has 0 spiro atoms.